The van der Waals surface area contributed by atoms with E-state index in [1.807, 2.05) is 18.3 Å². The summed E-state index contributed by atoms with van der Waals surface area (Å²) >= 11 is 6.45. The van der Waals surface area contributed by atoms with Gasteiger partial charge in [-0.1, -0.05) is 70.2 Å². The fraction of sp³-hybridized carbons (Fsp3) is 0.625. The highest BCUT2D eigenvalue weighted by Crippen LogP contribution is 2.52. The lowest BCUT2D eigenvalue weighted by molar-refractivity contribution is 0.101. The molecule has 1 N–H and O–H groups in total. The molecule has 1 heterocycles. The molecule has 0 bridgehead atoms. The molecule has 4 heteroatoms. The molecule has 36 heavy (non-hydrogen) atoms. The van der Waals surface area contributed by atoms with Crippen molar-refractivity contribution < 1.29 is 5.11 Å². The molecule has 0 aliphatic heterocycles. The predicted molar refractivity (Wildman–Crippen MR) is 146 cm³/mol. The van der Waals surface area contributed by atoms with E-state index in [0.29, 0.717) is 28.7 Å². The number of aliphatic hydroxyl groups excluding tert-OH is 1. The van der Waals surface area contributed by atoms with Gasteiger partial charge in [-0.2, -0.15) is 5.26 Å². The Morgan fingerprint density at radius 3 is 2.47 bits per heavy atom. The van der Waals surface area contributed by atoms with Crippen molar-refractivity contribution in [3.63, 3.8) is 0 Å². The van der Waals surface area contributed by atoms with Crippen LogP contribution in [0.2, 0.25) is 5.02 Å². The highest BCUT2D eigenvalue weighted by Gasteiger charge is 2.41. The van der Waals surface area contributed by atoms with Crippen LogP contribution in [-0.4, -0.2) is 10.1 Å². The molecular weight excluding hydrogens is 464 g/mol. The summed E-state index contributed by atoms with van der Waals surface area (Å²) in [6, 6.07) is 12.9. The molecule has 7 atom stereocenters. The minimum atomic E-state index is -0.501. The summed E-state index contributed by atoms with van der Waals surface area (Å²) < 4.78 is 0. The lowest BCUT2D eigenvalue weighted by Gasteiger charge is -2.30. The average Bonchev–Trinajstić information content (AvgIpc) is 3.62. The fourth-order valence-electron chi connectivity index (χ4n) is 7.46. The van der Waals surface area contributed by atoms with E-state index in [-0.39, 0.29) is 17.8 Å². The third kappa shape index (κ3) is 5.23. The molecule has 5 rings (SSSR count). The van der Waals surface area contributed by atoms with Gasteiger partial charge in [-0.15, -0.1) is 0 Å². The van der Waals surface area contributed by atoms with Crippen molar-refractivity contribution in [2.24, 2.45) is 29.6 Å². The maximum atomic E-state index is 11.1. The minimum absolute atomic E-state index is 0.0290. The van der Waals surface area contributed by atoms with Crippen LogP contribution in [0.1, 0.15) is 118 Å². The van der Waals surface area contributed by atoms with E-state index in [1.54, 1.807) is 0 Å². The first kappa shape index (κ1) is 25.7. The molecule has 0 spiro atoms. The minimum Gasteiger partial charge on any atom is -0.388 e. The summed E-state index contributed by atoms with van der Waals surface area (Å²) in [5.41, 5.74) is 4.23. The Morgan fingerprint density at radius 2 is 1.83 bits per heavy atom. The Bertz CT molecular complexity index is 1080. The highest BCUT2D eigenvalue weighted by atomic mass is 35.5. The molecule has 0 radical (unpaired) electrons. The molecule has 7 unspecified atom stereocenters. The van der Waals surface area contributed by atoms with Crippen molar-refractivity contribution in [1.82, 2.24) is 4.98 Å². The van der Waals surface area contributed by atoms with Crippen LogP contribution >= 0.6 is 11.6 Å². The molecule has 3 aliphatic carbocycles. The third-order valence-corrected chi connectivity index (χ3v) is 10.1. The van der Waals surface area contributed by atoms with Gasteiger partial charge >= 0.3 is 0 Å². The first-order valence-corrected chi connectivity index (χ1v) is 14.6. The number of hydrogen-bond donors (Lipinski definition) is 1. The number of aliphatic hydroxyl groups is 1. The van der Waals surface area contributed by atoms with Gasteiger partial charge in [0.05, 0.1) is 18.1 Å². The zero-order valence-electron chi connectivity index (χ0n) is 22.0. The van der Waals surface area contributed by atoms with Gasteiger partial charge in [0.15, 0.2) is 0 Å². The van der Waals surface area contributed by atoms with Gasteiger partial charge < -0.3 is 5.11 Å². The van der Waals surface area contributed by atoms with Crippen LogP contribution in [0.25, 0.3) is 0 Å². The Balaban J connectivity index is 1.43. The first-order valence-electron chi connectivity index (χ1n) is 14.2. The second-order valence-electron chi connectivity index (χ2n) is 12.2. The number of nitrogens with zero attached hydrogens (tertiary/aromatic N) is 2. The maximum Gasteiger partial charge on any atom is 0.0830 e. The van der Waals surface area contributed by atoms with Crippen molar-refractivity contribution in [3.8, 4) is 6.07 Å². The van der Waals surface area contributed by atoms with Gasteiger partial charge in [-0.25, -0.2) is 0 Å². The van der Waals surface area contributed by atoms with Gasteiger partial charge in [-0.3, -0.25) is 4.98 Å². The number of nitriles is 1. The number of aromatic nitrogens is 1. The van der Waals surface area contributed by atoms with E-state index < -0.39 is 6.10 Å². The number of rotatable bonds is 7. The summed E-state index contributed by atoms with van der Waals surface area (Å²) in [6.07, 6.45) is 11.3. The third-order valence-electron chi connectivity index (χ3n) is 9.83. The van der Waals surface area contributed by atoms with Crippen LogP contribution in [-0.2, 0) is 0 Å². The average molecular weight is 505 g/mol. The molecule has 2 saturated carbocycles. The number of fused-ring (bicyclic) bond motifs is 1. The summed E-state index contributed by atoms with van der Waals surface area (Å²) in [5, 5.41) is 22.2. The topological polar surface area (TPSA) is 56.9 Å². The second-order valence-corrected chi connectivity index (χ2v) is 12.6. The zero-order valence-corrected chi connectivity index (χ0v) is 22.8. The van der Waals surface area contributed by atoms with Gasteiger partial charge in [0.2, 0.25) is 0 Å². The smallest absolute Gasteiger partial charge is 0.0830 e. The van der Waals surface area contributed by atoms with E-state index in [9.17, 15) is 10.4 Å². The van der Waals surface area contributed by atoms with E-state index in [2.05, 4.69) is 45.0 Å². The van der Waals surface area contributed by atoms with Crippen LogP contribution in [0.3, 0.4) is 0 Å². The van der Waals surface area contributed by atoms with Crippen molar-refractivity contribution >= 4 is 11.6 Å². The first-order chi connectivity index (χ1) is 17.4. The summed E-state index contributed by atoms with van der Waals surface area (Å²) in [6.45, 7) is 6.83. The Hall–Kier alpha value is -1.89. The van der Waals surface area contributed by atoms with Crippen LogP contribution < -0.4 is 0 Å². The normalized spacial score (nSPS) is 29.1. The SMILES string of the molecule is CC(CC(C)C(O)c1ccc(C2CC(C3CCCC3)C(C)c3ccc(Cl)cc3C2C#N)nc1)C1CC1. The summed E-state index contributed by atoms with van der Waals surface area (Å²) in [4.78, 5) is 4.91. The van der Waals surface area contributed by atoms with Gasteiger partial charge in [0, 0.05) is 22.8 Å². The van der Waals surface area contributed by atoms with Crippen LogP contribution in [0.5, 0.6) is 0 Å². The predicted octanol–water partition coefficient (Wildman–Crippen LogP) is 8.55. The Morgan fingerprint density at radius 1 is 1.08 bits per heavy atom. The van der Waals surface area contributed by atoms with Gasteiger partial charge in [0.1, 0.15) is 0 Å². The molecule has 1 aromatic carbocycles. The number of pyridine rings is 1. The number of hydrogen-bond acceptors (Lipinski definition) is 3. The molecule has 3 nitrogen and oxygen atoms in total. The summed E-state index contributed by atoms with van der Waals surface area (Å²) in [7, 11) is 0. The quantitative estimate of drug-likeness (QED) is 0.384. The monoisotopic (exact) mass is 504 g/mol. The van der Waals surface area contributed by atoms with Crippen molar-refractivity contribution in [2.45, 2.75) is 96.0 Å². The molecule has 1 aromatic heterocycles. The molecule has 192 valence electrons. The van der Waals surface area contributed by atoms with E-state index >= 15 is 0 Å². The fourth-order valence-corrected chi connectivity index (χ4v) is 7.64. The lowest BCUT2D eigenvalue weighted by atomic mass is 9.74. The van der Waals surface area contributed by atoms with E-state index in [4.69, 9.17) is 16.6 Å². The van der Waals surface area contributed by atoms with Crippen LogP contribution in [0, 0.1) is 40.9 Å². The van der Waals surface area contributed by atoms with Gasteiger partial charge in [0.25, 0.3) is 0 Å². The van der Waals surface area contributed by atoms with E-state index in [0.717, 1.165) is 35.6 Å². The van der Waals surface area contributed by atoms with Crippen molar-refractivity contribution in [2.75, 3.05) is 0 Å². The maximum absolute atomic E-state index is 11.1. The largest absolute Gasteiger partial charge is 0.388 e. The van der Waals surface area contributed by atoms with Crippen molar-refractivity contribution in [3.05, 3.63) is 63.9 Å². The van der Waals surface area contributed by atoms with Crippen LogP contribution in [0.4, 0.5) is 0 Å². The molecule has 2 fully saturated rings. The number of halogens is 1. The molecule has 2 aromatic rings. The Kier molecular flexibility index (Phi) is 7.75. The highest BCUT2D eigenvalue weighted by molar-refractivity contribution is 6.30. The van der Waals surface area contributed by atoms with Crippen LogP contribution in [0.15, 0.2) is 36.5 Å². The van der Waals surface area contributed by atoms with Crippen molar-refractivity contribution in [1.29, 1.82) is 5.26 Å². The number of benzene rings is 1. The molecule has 3 aliphatic rings. The van der Waals surface area contributed by atoms with Gasteiger partial charge in [-0.05, 0) is 96.1 Å². The Labute approximate surface area is 222 Å². The van der Waals surface area contributed by atoms with E-state index in [1.165, 1.54) is 44.1 Å². The summed E-state index contributed by atoms with van der Waals surface area (Å²) in [5.74, 6) is 3.13. The second kappa shape index (κ2) is 10.8. The zero-order chi connectivity index (χ0) is 25.4. The molecule has 0 amide bonds. The lowest BCUT2D eigenvalue weighted by Crippen LogP contribution is -2.21. The standard InChI is InChI=1S/C32H41ClN2O/c1-19(22-8-9-22)14-20(2)32(36)24-10-13-31(35-18-24)29-16-27(23-6-4-5-7-23)21(3)26-12-11-25(33)15-28(26)30(29)17-34/h10-13,15,18-23,27,29-30,32,36H,4-9,14,16H2,1-3H3. The molecular formula is C32H41ClN2O. The molecule has 0 saturated heterocycles.